The van der Waals surface area contributed by atoms with Crippen LogP contribution < -0.4 is 9.47 Å². The second-order valence-corrected chi connectivity index (χ2v) is 9.26. The van der Waals surface area contributed by atoms with Gasteiger partial charge in [0.2, 0.25) is 5.88 Å². The number of hydrogen-bond donors (Lipinski definition) is 0. The maximum absolute atomic E-state index is 5.98. The van der Waals surface area contributed by atoms with Gasteiger partial charge in [-0.1, -0.05) is 24.3 Å². The molecule has 0 atom stereocenters. The zero-order chi connectivity index (χ0) is 25.0. The van der Waals surface area contributed by atoms with Crippen molar-refractivity contribution in [2.45, 2.75) is 19.4 Å². The van der Waals surface area contributed by atoms with Gasteiger partial charge in [-0.2, -0.15) is 5.10 Å². The molecule has 37 heavy (non-hydrogen) atoms. The Morgan fingerprint density at radius 2 is 1.76 bits per heavy atom. The van der Waals surface area contributed by atoms with Crippen molar-refractivity contribution >= 4 is 5.65 Å². The van der Waals surface area contributed by atoms with E-state index in [9.17, 15) is 0 Å². The average Bonchev–Trinajstić information content (AvgIpc) is 3.69. The number of fused-ring (bicyclic) bond motifs is 1. The molecule has 0 spiro atoms. The first-order chi connectivity index (χ1) is 18.2. The van der Waals surface area contributed by atoms with Crippen molar-refractivity contribution in [1.29, 1.82) is 0 Å². The van der Waals surface area contributed by atoms with Crippen LogP contribution in [0.15, 0.2) is 73.6 Å². The summed E-state index contributed by atoms with van der Waals surface area (Å²) in [5.41, 5.74) is 5.68. The minimum atomic E-state index is 0.412. The standard InChI is InChI=1S/C28H29N7O2/c1-33-18-23(16-32-33)22-6-4-21(5-7-22)19-37-28-15-25(30-20-31-28)26-17-29-27-14-24(8-11-35(26)27)36-13-12-34-9-2-3-10-34/h4-8,11,14-18,20H,2-3,9-10,12-13,19H2,1H3. The maximum Gasteiger partial charge on any atom is 0.217 e. The number of likely N-dealkylation sites (tertiary alicyclic amines) is 1. The quantitative estimate of drug-likeness (QED) is 0.302. The lowest BCUT2D eigenvalue weighted by Gasteiger charge is -2.15. The number of nitrogens with zero attached hydrogens (tertiary/aromatic N) is 7. The van der Waals surface area contributed by atoms with Gasteiger partial charge in [-0.05, 0) is 43.1 Å². The summed E-state index contributed by atoms with van der Waals surface area (Å²) in [6.45, 7) is 4.41. The largest absolute Gasteiger partial charge is 0.492 e. The van der Waals surface area contributed by atoms with Crippen molar-refractivity contribution in [2.75, 3.05) is 26.2 Å². The molecule has 0 saturated carbocycles. The fourth-order valence-corrected chi connectivity index (χ4v) is 4.62. The van der Waals surface area contributed by atoms with Gasteiger partial charge in [-0.25, -0.2) is 15.0 Å². The number of imidazole rings is 1. The highest BCUT2D eigenvalue weighted by molar-refractivity contribution is 5.62. The van der Waals surface area contributed by atoms with Gasteiger partial charge in [0.15, 0.2) is 0 Å². The fraction of sp³-hybridized carbons (Fsp3) is 0.286. The molecule has 0 N–H and O–H groups in total. The third kappa shape index (κ3) is 5.31. The van der Waals surface area contributed by atoms with Crippen LogP contribution in [-0.2, 0) is 13.7 Å². The van der Waals surface area contributed by atoms with Crippen LogP contribution in [0.1, 0.15) is 18.4 Å². The molecule has 1 aromatic carbocycles. The first-order valence-corrected chi connectivity index (χ1v) is 12.6. The Hall–Kier alpha value is -4.24. The van der Waals surface area contributed by atoms with E-state index in [1.54, 1.807) is 4.68 Å². The van der Waals surface area contributed by atoms with Crippen molar-refractivity contribution in [3.8, 4) is 34.1 Å². The van der Waals surface area contributed by atoms with Crippen LogP contribution in [0.5, 0.6) is 11.6 Å². The summed E-state index contributed by atoms with van der Waals surface area (Å²) in [7, 11) is 1.91. The third-order valence-electron chi connectivity index (χ3n) is 6.64. The topological polar surface area (TPSA) is 82.6 Å². The minimum Gasteiger partial charge on any atom is -0.492 e. The van der Waals surface area contributed by atoms with E-state index in [1.807, 2.05) is 54.4 Å². The number of benzene rings is 1. The molecular formula is C28H29N7O2. The van der Waals surface area contributed by atoms with Gasteiger partial charge in [0.05, 0.1) is 23.8 Å². The molecule has 188 valence electrons. The summed E-state index contributed by atoms with van der Waals surface area (Å²) in [6.07, 6.45) is 11.7. The van der Waals surface area contributed by atoms with E-state index in [1.165, 1.54) is 32.3 Å². The van der Waals surface area contributed by atoms with Crippen LogP contribution in [0.4, 0.5) is 0 Å². The Labute approximate surface area is 215 Å². The van der Waals surface area contributed by atoms with Crippen molar-refractivity contribution in [3.05, 3.63) is 79.1 Å². The number of ether oxygens (including phenoxy) is 2. The van der Waals surface area contributed by atoms with Crippen LogP contribution in [0.2, 0.25) is 0 Å². The smallest absolute Gasteiger partial charge is 0.217 e. The fourth-order valence-electron chi connectivity index (χ4n) is 4.62. The predicted octanol–water partition coefficient (Wildman–Crippen LogP) is 4.25. The molecule has 9 nitrogen and oxygen atoms in total. The van der Waals surface area contributed by atoms with Crippen LogP contribution in [0.3, 0.4) is 0 Å². The second-order valence-electron chi connectivity index (χ2n) is 9.26. The SMILES string of the molecule is Cn1cc(-c2ccc(COc3cc(-c4cnc5cc(OCCN6CCCC6)ccn45)ncn3)cc2)cn1. The number of hydrogen-bond acceptors (Lipinski definition) is 7. The molecular weight excluding hydrogens is 466 g/mol. The average molecular weight is 496 g/mol. The first kappa shape index (κ1) is 23.2. The summed E-state index contributed by atoms with van der Waals surface area (Å²) >= 11 is 0. The maximum atomic E-state index is 5.98. The molecule has 0 bridgehead atoms. The Morgan fingerprint density at radius 1 is 0.892 bits per heavy atom. The van der Waals surface area contributed by atoms with Crippen LogP contribution in [0, 0.1) is 0 Å². The highest BCUT2D eigenvalue weighted by Gasteiger charge is 2.12. The van der Waals surface area contributed by atoms with Gasteiger partial charge < -0.3 is 9.47 Å². The lowest BCUT2D eigenvalue weighted by molar-refractivity contribution is 0.238. The molecule has 0 amide bonds. The molecule has 0 unspecified atom stereocenters. The van der Waals surface area contributed by atoms with Crippen LogP contribution >= 0.6 is 0 Å². The second kappa shape index (κ2) is 10.4. The van der Waals surface area contributed by atoms with E-state index >= 15 is 0 Å². The number of pyridine rings is 1. The third-order valence-corrected chi connectivity index (χ3v) is 6.64. The number of aryl methyl sites for hydroxylation is 1. The Balaban J connectivity index is 1.10. The van der Waals surface area contributed by atoms with Crippen LogP contribution in [-0.4, -0.2) is 60.3 Å². The van der Waals surface area contributed by atoms with Gasteiger partial charge in [-0.15, -0.1) is 0 Å². The molecule has 5 aromatic rings. The molecule has 0 aliphatic carbocycles. The molecule has 4 aromatic heterocycles. The zero-order valence-electron chi connectivity index (χ0n) is 20.8. The van der Waals surface area contributed by atoms with Gasteiger partial charge in [0.1, 0.15) is 30.9 Å². The van der Waals surface area contributed by atoms with Crippen molar-refractivity contribution in [1.82, 2.24) is 34.0 Å². The highest BCUT2D eigenvalue weighted by atomic mass is 16.5. The van der Waals surface area contributed by atoms with Crippen LogP contribution in [0.25, 0.3) is 28.2 Å². The molecule has 0 radical (unpaired) electrons. The molecule has 9 heteroatoms. The molecule has 6 rings (SSSR count). The van der Waals surface area contributed by atoms with Gasteiger partial charge in [0, 0.05) is 43.7 Å². The molecule has 1 saturated heterocycles. The Morgan fingerprint density at radius 3 is 2.57 bits per heavy atom. The lowest BCUT2D eigenvalue weighted by atomic mass is 10.1. The van der Waals surface area contributed by atoms with Gasteiger partial charge >= 0.3 is 0 Å². The number of rotatable bonds is 9. The summed E-state index contributed by atoms with van der Waals surface area (Å²) in [4.78, 5) is 15.8. The molecule has 1 aliphatic rings. The van der Waals surface area contributed by atoms with Crippen molar-refractivity contribution in [2.24, 2.45) is 7.05 Å². The summed E-state index contributed by atoms with van der Waals surface area (Å²) in [5.74, 6) is 1.34. The van der Waals surface area contributed by atoms with Crippen molar-refractivity contribution in [3.63, 3.8) is 0 Å². The molecule has 1 fully saturated rings. The first-order valence-electron chi connectivity index (χ1n) is 12.6. The van der Waals surface area contributed by atoms with Gasteiger partial charge in [-0.3, -0.25) is 14.0 Å². The summed E-state index contributed by atoms with van der Waals surface area (Å²) in [6, 6.07) is 14.0. The Bertz CT molecular complexity index is 1490. The van der Waals surface area contributed by atoms with Gasteiger partial charge in [0.25, 0.3) is 0 Å². The highest BCUT2D eigenvalue weighted by Crippen LogP contribution is 2.24. The van der Waals surface area contributed by atoms with E-state index in [0.717, 1.165) is 46.0 Å². The monoisotopic (exact) mass is 495 g/mol. The van der Waals surface area contributed by atoms with E-state index in [4.69, 9.17) is 9.47 Å². The van der Waals surface area contributed by atoms with E-state index in [0.29, 0.717) is 19.1 Å². The predicted molar refractivity (Wildman–Crippen MR) is 140 cm³/mol. The molecule has 1 aliphatic heterocycles. The lowest BCUT2D eigenvalue weighted by Crippen LogP contribution is -2.25. The van der Waals surface area contributed by atoms with Crippen molar-refractivity contribution < 1.29 is 9.47 Å². The Kier molecular flexibility index (Phi) is 6.51. The van der Waals surface area contributed by atoms with E-state index in [-0.39, 0.29) is 0 Å². The summed E-state index contributed by atoms with van der Waals surface area (Å²) in [5, 5.41) is 4.23. The minimum absolute atomic E-state index is 0.412. The normalized spacial score (nSPS) is 13.9. The summed E-state index contributed by atoms with van der Waals surface area (Å²) < 4.78 is 15.7. The van der Waals surface area contributed by atoms with E-state index < -0.39 is 0 Å². The number of aromatic nitrogens is 6. The molecule has 5 heterocycles. The van der Waals surface area contributed by atoms with E-state index in [2.05, 4.69) is 49.2 Å². The zero-order valence-corrected chi connectivity index (χ0v) is 20.8.